The van der Waals surface area contributed by atoms with Crippen LogP contribution in [0.4, 0.5) is 10.6 Å². The molecule has 51 heavy (non-hydrogen) atoms. The predicted octanol–water partition coefficient (Wildman–Crippen LogP) is 9.23. The molecule has 0 aliphatic rings. The molecule has 3 heterocycles. The van der Waals surface area contributed by atoms with E-state index in [0.29, 0.717) is 24.8 Å². The van der Waals surface area contributed by atoms with Crippen LogP contribution >= 0.6 is 23.5 Å². The number of urea groups is 1. The highest BCUT2D eigenvalue weighted by Crippen LogP contribution is 2.36. The van der Waals surface area contributed by atoms with Gasteiger partial charge in [-0.1, -0.05) is 90.6 Å². The third-order valence-corrected chi connectivity index (χ3v) is 10.8. The zero-order valence-corrected chi connectivity index (χ0v) is 30.1. The zero-order chi connectivity index (χ0) is 35.2. The van der Waals surface area contributed by atoms with E-state index in [-0.39, 0.29) is 10.8 Å². The molecular weight excluding hydrogens is 675 g/mol. The molecule has 0 aliphatic heterocycles. The number of anilines is 1. The Balaban J connectivity index is 1.07. The van der Waals surface area contributed by atoms with E-state index in [1.165, 1.54) is 0 Å². The molecule has 3 aromatic heterocycles. The SMILES string of the molecule is CSC(C)(C)c1cc(NC(=O)NCc2ccccc2Sc2ccc3nnc(-c4ccccc4OCc4ccccc4)n3c2)n(-c2ccccc2)n1. The first-order valence-electron chi connectivity index (χ1n) is 16.5. The zero-order valence-electron chi connectivity index (χ0n) is 28.5. The fourth-order valence-electron chi connectivity index (χ4n) is 5.48. The van der Waals surface area contributed by atoms with Crippen molar-refractivity contribution in [3.05, 3.63) is 150 Å². The van der Waals surface area contributed by atoms with Crippen LogP contribution in [0.3, 0.4) is 0 Å². The maximum atomic E-state index is 13.3. The summed E-state index contributed by atoms with van der Waals surface area (Å²) in [6.45, 7) is 5.03. The quantitative estimate of drug-likeness (QED) is 0.130. The van der Waals surface area contributed by atoms with Crippen LogP contribution in [0, 0.1) is 0 Å². The van der Waals surface area contributed by atoms with Crippen LogP contribution in [-0.2, 0) is 17.9 Å². The van der Waals surface area contributed by atoms with Crippen LogP contribution < -0.4 is 15.4 Å². The Morgan fingerprint density at radius 3 is 2.37 bits per heavy atom. The summed E-state index contributed by atoms with van der Waals surface area (Å²) in [6.07, 6.45) is 4.10. The Labute approximate surface area is 305 Å². The van der Waals surface area contributed by atoms with Crippen LogP contribution in [0.2, 0.25) is 0 Å². The Hall–Kier alpha value is -5.52. The number of carbonyl (C=O) groups excluding carboxylic acids is 1. The number of ether oxygens (including phenoxy) is 1. The first-order valence-corrected chi connectivity index (χ1v) is 18.5. The average Bonchev–Trinajstić information content (AvgIpc) is 3.79. The number of benzene rings is 4. The van der Waals surface area contributed by atoms with Crippen molar-refractivity contribution >= 4 is 41.0 Å². The third kappa shape index (κ3) is 7.79. The van der Waals surface area contributed by atoms with Crippen molar-refractivity contribution in [3.8, 4) is 22.8 Å². The van der Waals surface area contributed by atoms with Crippen LogP contribution in [0.5, 0.6) is 5.75 Å². The summed E-state index contributed by atoms with van der Waals surface area (Å²) in [5.74, 6) is 2.03. The number of rotatable bonds is 12. The number of thioether (sulfide) groups is 1. The third-order valence-electron chi connectivity index (χ3n) is 8.46. The molecule has 7 aromatic rings. The van der Waals surface area contributed by atoms with Gasteiger partial charge < -0.3 is 10.1 Å². The number of nitrogens with one attached hydrogen (secondary N) is 2. The Morgan fingerprint density at radius 1 is 0.843 bits per heavy atom. The average molecular weight is 712 g/mol. The number of carbonyl (C=O) groups is 1. The maximum Gasteiger partial charge on any atom is 0.320 e. The molecule has 0 fully saturated rings. The van der Waals surface area contributed by atoms with E-state index in [0.717, 1.165) is 49.3 Å². The fourth-order valence-corrected chi connectivity index (χ4v) is 6.75. The summed E-state index contributed by atoms with van der Waals surface area (Å²) in [6, 6.07) is 41.5. The smallest absolute Gasteiger partial charge is 0.320 e. The van der Waals surface area contributed by atoms with Gasteiger partial charge in [0.15, 0.2) is 11.5 Å². The number of nitrogens with zero attached hydrogens (tertiary/aromatic N) is 5. The van der Waals surface area contributed by atoms with Gasteiger partial charge in [-0.25, -0.2) is 9.48 Å². The topological polar surface area (TPSA) is 98.4 Å². The van der Waals surface area contributed by atoms with Crippen molar-refractivity contribution < 1.29 is 9.53 Å². The molecule has 0 unspecified atom stereocenters. The summed E-state index contributed by atoms with van der Waals surface area (Å²) >= 11 is 3.32. The number of pyridine rings is 1. The van der Waals surface area contributed by atoms with Crippen molar-refractivity contribution in [3.63, 3.8) is 0 Å². The lowest BCUT2D eigenvalue weighted by molar-refractivity contribution is 0.251. The number of hydrogen-bond acceptors (Lipinski definition) is 7. The van der Waals surface area contributed by atoms with E-state index in [1.807, 2.05) is 132 Å². The van der Waals surface area contributed by atoms with Crippen molar-refractivity contribution in [2.75, 3.05) is 11.6 Å². The van der Waals surface area contributed by atoms with Gasteiger partial charge in [0.25, 0.3) is 0 Å². The molecule has 0 saturated heterocycles. The summed E-state index contributed by atoms with van der Waals surface area (Å²) in [5.41, 5.74) is 5.42. The van der Waals surface area contributed by atoms with E-state index in [1.54, 1.807) is 28.2 Å². The molecule has 256 valence electrons. The second-order valence-corrected chi connectivity index (χ2v) is 14.8. The van der Waals surface area contributed by atoms with Gasteiger partial charge in [0.2, 0.25) is 0 Å². The molecule has 4 aromatic carbocycles. The van der Waals surface area contributed by atoms with Gasteiger partial charge in [-0.2, -0.15) is 16.9 Å². The molecule has 7 rings (SSSR count). The highest BCUT2D eigenvalue weighted by atomic mass is 32.2. The monoisotopic (exact) mass is 711 g/mol. The fraction of sp³-hybridized carbons (Fsp3) is 0.150. The molecule has 0 aliphatic carbocycles. The Morgan fingerprint density at radius 2 is 1.57 bits per heavy atom. The summed E-state index contributed by atoms with van der Waals surface area (Å²) < 4.78 is 9.78. The molecule has 0 bridgehead atoms. The van der Waals surface area contributed by atoms with Crippen molar-refractivity contribution in [1.82, 2.24) is 29.7 Å². The van der Waals surface area contributed by atoms with Crippen LogP contribution in [0.15, 0.2) is 143 Å². The number of para-hydroxylation sites is 2. The molecule has 2 N–H and O–H groups in total. The number of hydrogen-bond donors (Lipinski definition) is 2. The molecule has 0 saturated carbocycles. The van der Waals surface area contributed by atoms with Crippen molar-refractivity contribution in [2.24, 2.45) is 0 Å². The van der Waals surface area contributed by atoms with Gasteiger partial charge in [0, 0.05) is 28.6 Å². The molecule has 0 atom stereocenters. The minimum atomic E-state index is -0.316. The van der Waals surface area contributed by atoms with Gasteiger partial charge >= 0.3 is 6.03 Å². The minimum Gasteiger partial charge on any atom is -0.488 e. The van der Waals surface area contributed by atoms with Gasteiger partial charge in [0.05, 0.1) is 21.7 Å². The summed E-state index contributed by atoms with van der Waals surface area (Å²) in [7, 11) is 0. The lowest BCUT2D eigenvalue weighted by Gasteiger charge is -2.18. The first kappa shape index (κ1) is 34.0. The van der Waals surface area contributed by atoms with E-state index < -0.39 is 0 Å². The Kier molecular flexibility index (Phi) is 10.1. The van der Waals surface area contributed by atoms with Gasteiger partial charge in [-0.3, -0.25) is 9.72 Å². The maximum absolute atomic E-state index is 13.3. The van der Waals surface area contributed by atoms with Crippen LogP contribution in [-0.4, -0.2) is 36.7 Å². The summed E-state index contributed by atoms with van der Waals surface area (Å²) in [5, 5.41) is 19.9. The molecule has 0 radical (unpaired) electrons. The lowest BCUT2D eigenvalue weighted by atomic mass is 10.1. The Bertz CT molecular complexity index is 2270. The normalized spacial score (nSPS) is 11.4. The number of aromatic nitrogens is 5. The molecule has 2 amide bonds. The second kappa shape index (κ2) is 15.2. The standard InChI is InChI=1S/C40H37N7O2S2/c1-40(2,50-3)35-24-37(47(45-35)30-17-8-5-9-18-30)42-39(48)41-25-29-16-10-13-21-34(29)51-31-22-23-36-43-44-38(46(36)26-31)32-19-11-12-20-33(32)49-27-28-14-6-4-7-15-28/h4-24,26H,25,27H2,1-3H3,(H2,41,42,48). The molecule has 11 heteroatoms. The van der Waals surface area contributed by atoms with Gasteiger partial charge in [-0.05, 0) is 73.7 Å². The highest BCUT2D eigenvalue weighted by molar-refractivity contribution is 7.99. The van der Waals surface area contributed by atoms with E-state index in [4.69, 9.17) is 9.84 Å². The van der Waals surface area contributed by atoms with E-state index in [9.17, 15) is 4.79 Å². The minimum absolute atomic E-state index is 0.223. The first-order chi connectivity index (χ1) is 24.9. The van der Waals surface area contributed by atoms with E-state index >= 15 is 0 Å². The van der Waals surface area contributed by atoms with Crippen molar-refractivity contribution in [1.29, 1.82) is 0 Å². The molecule has 0 spiro atoms. The highest BCUT2D eigenvalue weighted by Gasteiger charge is 2.25. The number of fused-ring (bicyclic) bond motifs is 1. The number of amides is 2. The lowest BCUT2D eigenvalue weighted by Crippen LogP contribution is -2.29. The van der Waals surface area contributed by atoms with Crippen LogP contribution in [0.25, 0.3) is 22.7 Å². The van der Waals surface area contributed by atoms with Crippen molar-refractivity contribution in [2.45, 2.75) is 41.5 Å². The molecular formula is C40H37N7O2S2. The largest absolute Gasteiger partial charge is 0.488 e. The predicted molar refractivity (Wildman–Crippen MR) is 206 cm³/mol. The van der Waals surface area contributed by atoms with Crippen LogP contribution in [0.1, 0.15) is 30.7 Å². The summed E-state index contributed by atoms with van der Waals surface area (Å²) in [4.78, 5) is 15.3. The van der Waals surface area contributed by atoms with E-state index in [2.05, 4.69) is 47.0 Å². The van der Waals surface area contributed by atoms with Gasteiger partial charge in [-0.15, -0.1) is 10.2 Å². The molecule has 9 nitrogen and oxygen atoms in total. The van der Waals surface area contributed by atoms with Gasteiger partial charge in [0.1, 0.15) is 18.2 Å². The second-order valence-electron chi connectivity index (χ2n) is 12.3.